The van der Waals surface area contributed by atoms with E-state index in [0.29, 0.717) is 6.61 Å². The molecule has 0 amide bonds. The molecule has 1 N–H and O–H groups in total. The summed E-state index contributed by atoms with van der Waals surface area (Å²) in [6, 6.07) is 25.9. The molecule has 0 atom stereocenters. The van der Waals surface area contributed by atoms with Crippen LogP contribution in [0.15, 0.2) is 96.5 Å². The third kappa shape index (κ3) is 5.08. The molecule has 0 bridgehead atoms. The van der Waals surface area contributed by atoms with Crippen molar-refractivity contribution >= 4 is 23.3 Å². The van der Waals surface area contributed by atoms with E-state index in [1.54, 1.807) is 6.08 Å². The van der Waals surface area contributed by atoms with Crippen molar-refractivity contribution in [3.8, 4) is 5.75 Å². The molecule has 3 rings (SSSR count). The molecule has 3 heteroatoms. The summed E-state index contributed by atoms with van der Waals surface area (Å²) in [6.45, 7) is 4.15. The van der Waals surface area contributed by atoms with E-state index in [4.69, 9.17) is 4.74 Å². The number of benzene rings is 3. The van der Waals surface area contributed by atoms with Gasteiger partial charge in [0.1, 0.15) is 12.4 Å². The van der Waals surface area contributed by atoms with Gasteiger partial charge in [0.25, 0.3) is 0 Å². The number of nitrogens with one attached hydrogen (secondary N) is 1. The van der Waals surface area contributed by atoms with Crippen molar-refractivity contribution in [3.63, 3.8) is 0 Å². The molecular formula is C22H20N2O. The third-order valence-electron chi connectivity index (χ3n) is 3.54. The van der Waals surface area contributed by atoms with Crippen LogP contribution in [0.1, 0.15) is 5.56 Å². The van der Waals surface area contributed by atoms with Crippen LogP contribution in [0.4, 0.5) is 17.1 Å². The van der Waals surface area contributed by atoms with Gasteiger partial charge in [-0.15, -0.1) is 0 Å². The largest absolute Gasteiger partial charge is 0.490 e. The summed E-state index contributed by atoms with van der Waals surface area (Å²) in [5.74, 6) is 0.827. The highest BCUT2D eigenvalue weighted by atomic mass is 16.5. The Morgan fingerprint density at radius 1 is 0.840 bits per heavy atom. The summed E-state index contributed by atoms with van der Waals surface area (Å²) in [5, 5.41) is 3.36. The van der Waals surface area contributed by atoms with Crippen LogP contribution in [-0.4, -0.2) is 12.8 Å². The number of hydrogen-bond donors (Lipinski definition) is 1. The maximum atomic E-state index is 5.47. The molecule has 0 aliphatic heterocycles. The fraction of sp³-hybridized carbons (Fsp3) is 0.0455. The Morgan fingerprint density at radius 3 is 2.20 bits per heavy atom. The molecule has 0 spiro atoms. The molecule has 0 saturated carbocycles. The zero-order valence-corrected chi connectivity index (χ0v) is 13.9. The number of ether oxygens (including phenoxy) is 1. The summed E-state index contributed by atoms with van der Waals surface area (Å²) in [4.78, 5) is 4.51. The van der Waals surface area contributed by atoms with Crippen LogP contribution >= 0.6 is 0 Å². The topological polar surface area (TPSA) is 33.6 Å². The molecule has 0 radical (unpaired) electrons. The molecular weight excluding hydrogens is 308 g/mol. The van der Waals surface area contributed by atoms with Crippen LogP contribution < -0.4 is 10.1 Å². The van der Waals surface area contributed by atoms with Crippen LogP contribution in [0.3, 0.4) is 0 Å². The molecule has 0 aromatic heterocycles. The Bertz CT molecular complexity index is 822. The summed E-state index contributed by atoms with van der Waals surface area (Å²) in [7, 11) is 0. The molecule has 0 unspecified atom stereocenters. The van der Waals surface area contributed by atoms with E-state index in [1.807, 2.05) is 85.1 Å². The van der Waals surface area contributed by atoms with Crippen LogP contribution in [0.5, 0.6) is 5.75 Å². The maximum Gasteiger partial charge on any atom is 0.119 e. The lowest BCUT2D eigenvalue weighted by Crippen LogP contribution is -1.92. The Labute approximate surface area is 148 Å². The van der Waals surface area contributed by atoms with Crippen LogP contribution in [0.2, 0.25) is 0 Å². The highest BCUT2D eigenvalue weighted by molar-refractivity contribution is 5.82. The normalized spacial score (nSPS) is 10.6. The van der Waals surface area contributed by atoms with E-state index in [-0.39, 0.29) is 0 Å². The van der Waals surface area contributed by atoms with Crippen molar-refractivity contribution in [1.29, 1.82) is 0 Å². The number of rotatable bonds is 7. The van der Waals surface area contributed by atoms with Gasteiger partial charge < -0.3 is 10.1 Å². The summed E-state index contributed by atoms with van der Waals surface area (Å²) < 4.78 is 5.47. The van der Waals surface area contributed by atoms with Crippen LogP contribution in [-0.2, 0) is 0 Å². The van der Waals surface area contributed by atoms with E-state index in [0.717, 1.165) is 28.4 Å². The molecule has 0 heterocycles. The van der Waals surface area contributed by atoms with E-state index in [9.17, 15) is 0 Å². The van der Waals surface area contributed by atoms with E-state index in [1.165, 1.54) is 0 Å². The van der Waals surface area contributed by atoms with E-state index < -0.39 is 0 Å². The minimum Gasteiger partial charge on any atom is -0.490 e. The molecule has 124 valence electrons. The summed E-state index contributed by atoms with van der Waals surface area (Å²) in [6.07, 6.45) is 3.57. The zero-order valence-electron chi connectivity index (χ0n) is 13.9. The van der Waals surface area contributed by atoms with Gasteiger partial charge in [0, 0.05) is 17.6 Å². The quantitative estimate of drug-likeness (QED) is 0.443. The van der Waals surface area contributed by atoms with E-state index >= 15 is 0 Å². The van der Waals surface area contributed by atoms with Crippen molar-refractivity contribution < 1.29 is 4.74 Å². The molecule has 25 heavy (non-hydrogen) atoms. The predicted octanol–water partition coefficient (Wildman–Crippen LogP) is 5.75. The summed E-state index contributed by atoms with van der Waals surface area (Å²) >= 11 is 0. The molecule has 3 nitrogen and oxygen atoms in total. The van der Waals surface area contributed by atoms with Crippen molar-refractivity contribution in [2.24, 2.45) is 4.99 Å². The first-order valence-electron chi connectivity index (χ1n) is 8.13. The maximum absolute atomic E-state index is 5.47. The van der Waals surface area contributed by atoms with Crippen molar-refractivity contribution in [2.75, 3.05) is 11.9 Å². The number of nitrogens with zero attached hydrogens (tertiary/aromatic N) is 1. The van der Waals surface area contributed by atoms with Gasteiger partial charge in [-0.3, -0.25) is 4.99 Å². The SMILES string of the molecule is C=CCOc1ccc(C=Nc2ccc(Nc3ccccc3)cc2)cc1. The Kier molecular flexibility index (Phi) is 5.62. The predicted molar refractivity (Wildman–Crippen MR) is 106 cm³/mol. The van der Waals surface area contributed by atoms with Gasteiger partial charge in [-0.05, 0) is 66.2 Å². The standard InChI is InChI=1S/C22H20N2O/c1-2-16-25-22-14-8-18(9-15-22)17-23-19-10-12-21(13-11-19)24-20-6-4-3-5-7-20/h2-15,17,24H,1,16H2. The number of para-hydroxylation sites is 1. The lowest BCUT2D eigenvalue weighted by molar-refractivity contribution is 0.363. The first-order chi connectivity index (χ1) is 12.3. The van der Waals surface area contributed by atoms with Crippen molar-refractivity contribution in [2.45, 2.75) is 0 Å². The number of aliphatic imine (C=N–C) groups is 1. The molecule has 3 aromatic carbocycles. The molecule has 0 aliphatic rings. The number of anilines is 2. The highest BCUT2D eigenvalue weighted by Gasteiger charge is 1.95. The van der Waals surface area contributed by atoms with Gasteiger partial charge in [0.2, 0.25) is 0 Å². The average Bonchev–Trinajstić information content (AvgIpc) is 2.67. The van der Waals surface area contributed by atoms with Gasteiger partial charge in [0.15, 0.2) is 0 Å². The van der Waals surface area contributed by atoms with Gasteiger partial charge in [-0.2, -0.15) is 0 Å². The second kappa shape index (κ2) is 8.50. The molecule has 3 aromatic rings. The first kappa shape index (κ1) is 16.5. The average molecular weight is 328 g/mol. The smallest absolute Gasteiger partial charge is 0.119 e. The molecule has 0 fully saturated rings. The monoisotopic (exact) mass is 328 g/mol. The fourth-order valence-electron chi connectivity index (χ4n) is 2.27. The fourth-order valence-corrected chi connectivity index (χ4v) is 2.27. The van der Waals surface area contributed by atoms with E-state index in [2.05, 4.69) is 16.9 Å². The molecule has 0 aliphatic carbocycles. The third-order valence-corrected chi connectivity index (χ3v) is 3.54. The van der Waals surface area contributed by atoms with Gasteiger partial charge in [-0.1, -0.05) is 30.9 Å². The van der Waals surface area contributed by atoms with Crippen LogP contribution in [0.25, 0.3) is 0 Å². The Morgan fingerprint density at radius 2 is 1.52 bits per heavy atom. The minimum absolute atomic E-state index is 0.511. The van der Waals surface area contributed by atoms with Gasteiger partial charge in [-0.25, -0.2) is 0 Å². The zero-order chi connectivity index (χ0) is 17.3. The highest BCUT2D eigenvalue weighted by Crippen LogP contribution is 2.20. The van der Waals surface area contributed by atoms with Crippen LogP contribution in [0, 0.1) is 0 Å². The second-order valence-corrected chi connectivity index (χ2v) is 5.46. The lowest BCUT2D eigenvalue weighted by Gasteiger charge is -2.06. The Hall–Kier alpha value is -3.33. The lowest BCUT2D eigenvalue weighted by atomic mass is 10.2. The van der Waals surface area contributed by atoms with Gasteiger partial charge in [0.05, 0.1) is 5.69 Å². The molecule has 0 saturated heterocycles. The second-order valence-electron chi connectivity index (χ2n) is 5.46. The van der Waals surface area contributed by atoms with Crippen molar-refractivity contribution in [3.05, 3.63) is 97.1 Å². The Balaban J connectivity index is 1.60. The summed E-state index contributed by atoms with van der Waals surface area (Å²) in [5.41, 5.74) is 4.04. The van der Waals surface area contributed by atoms with Crippen molar-refractivity contribution in [1.82, 2.24) is 0 Å². The van der Waals surface area contributed by atoms with Gasteiger partial charge >= 0.3 is 0 Å². The number of hydrogen-bond acceptors (Lipinski definition) is 3. The first-order valence-corrected chi connectivity index (χ1v) is 8.13. The minimum atomic E-state index is 0.511.